The van der Waals surface area contributed by atoms with E-state index in [1.165, 1.54) is 164 Å². The van der Waals surface area contributed by atoms with E-state index in [1.54, 1.807) is 5.56 Å². The maximum atomic E-state index is 2.59. The highest BCUT2D eigenvalue weighted by Crippen LogP contribution is 2.64. The van der Waals surface area contributed by atoms with Gasteiger partial charge < -0.3 is 4.90 Å². The van der Waals surface area contributed by atoms with E-state index >= 15 is 0 Å². The van der Waals surface area contributed by atoms with Crippen molar-refractivity contribution in [3.8, 4) is 33.4 Å². The molecule has 0 saturated heterocycles. The van der Waals surface area contributed by atoms with Crippen LogP contribution in [0.5, 0.6) is 0 Å². The number of nitrogens with zero attached hydrogens (tertiary/aromatic N) is 1. The van der Waals surface area contributed by atoms with Crippen LogP contribution >= 0.6 is 0 Å². The molecule has 0 bridgehead atoms. The summed E-state index contributed by atoms with van der Waals surface area (Å²) in [6, 6.07) is 64.2. The largest absolute Gasteiger partial charge is 0.310 e. The third-order valence-corrected chi connectivity index (χ3v) is 16.5. The Balaban J connectivity index is 1.01. The summed E-state index contributed by atoms with van der Waals surface area (Å²) in [5.41, 5.74) is 22.9. The van der Waals surface area contributed by atoms with Gasteiger partial charge in [-0.1, -0.05) is 186 Å². The molecule has 0 aliphatic heterocycles. The monoisotopic (exact) mass is 813 g/mol. The number of hydrogen-bond acceptors (Lipinski definition) is 1. The molecule has 5 aliphatic rings. The molecular formula is C62H55N. The zero-order valence-corrected chi connectivity index (χ0v) is 36.8. The highest BCUT2D eigenvalue weighted by molar-refractivity contribution is 6.01. The molecule has 13 rings (SSSR count). The van der Waals surface area contributed by atoms with E-state index in [1.807, 2.05) is 0 Å². The summed E-state index contributed by atoms with van der Waals surface area (Å²) < 4.78 is 0. The smallest absolute Gasteiger partial charge is 0.0726 e. The minimum Gasteiger partial charge on any atom is -0.310 e. The van der Waals surface area contributed by atoms with Crippen molar-refractivity contribution in [2.45, 2.75) is 101 Å². The summed E-state index contributed by atoms with van der Waals surface area (Å²) in [7, 11) is 0. The molecule has 0 amide bonds. The average Bonchev–Trinajstić information content (AvgIpc) is 3.89. The molecule has 63 heavy (non-hydrogen) atoms. The fourth-order valence-electron chi connectivity index (χ4n) is 13.4. The molecule has 308 valence electrons. The van der Waals surface area contributed by atoms with E-state index in [4.69, 9.17) is 0 Å². The van der Waals surface area contributed by atoms with Gasteiger partial charge in [0.15, 0.2) is 0 Å². The van der Waals surface area contributed by atoms with Gasteiger partial charge >= 0.3 is 0 Å². The Hall–Kier alpha value is -6.18. The molecule has 1 atom stereocenters. The lowest BCUT2D eigenvalue weighted by molar-refractivity contribution is 0.443. The van der Waals surface area contributed by atoms with Crippen LogP contribution in [0.4, 0.5) is 17.1 Å². The van der Waals surface area contributed by atoms with Crippen molar-refractivity contribution < 1.29 is 0 Å². The topological polar surface area (TPSA) is 3.24 Å². The van der Waals surface area contributed by atoms with Crippen molar-refractivity contribution in [2.24, 2.45) is 0 Å². The Morgan fingerprint density at radius 3 is 1.57 bits per heavy atom. The van der Waals surface area contributed by atoms with Gasteiger partial charge in [0.1, 0.15) is 0 Å². The first-order valence-corrected chi connectivity index (χ1v) is 24.1. The zero-order chi connectivity index (χ0) is 41.9. The van der Waals surface area contributed by atoms with Crippen molar-refractivity contribution in [2.75, 3.05) is 4.90 Å². The standard InChI is InChI=1S/C62H55N/c1-61(2)57-37-44(41-18-7-4-8-19-41)28-32-50(57)51-33-30-45(38-58(51)61)63(60-27-15-21-42-20-9-10-22-47(42)60)46-31-34-52-48-23-11-13-25-54(48)62(59(52)39-46)55-26-14-12-24-49(55)53-36-43(29-35-56(53)62)40-16-5-3-6-17-40/h9-15,20-41H,3-8,16-19H2,1-2H3. The highest BCUT2D eigenvalue weighted by Gasteiger charge is 2.52. The summed E-state index contributed by atoms with van der Waals surface area (Å²) in [4.78, 5) is 2.57. The molecule has 2 saturated carbocycles. The first-order valence-electron chi connectivity index (χ1n) is 24.1. The maximum absolute atomic E-state index is 2.59. The molecule has 1 spiro atoms. The van der Waals surface area contributed by atoms with E-state index < -0.39 is 5.41 Å². The number of anilines is 3. The molecule has 2 fully saturated rings. The summed E-state index contributed by atoms with van der Waals surface area (Å²) in [6.45, 7) is 4.92. The van der Waals surface area contributed by atoms with Crippen molar-refractivity contribution in [3.05, 3.63) is 208 Å². The van der Waals surface area contributed by atoms with Crippen LogP contribution in [-0.2, 0) is 10.8 Å². The predicted molar refractivity (Wildman–Crippen MR) is 264 cm³/mol. The van der Waals surface area contributed by atoms with Gasteiger partial charge in [-0.2, -0.15) is 0 Å². The molecule has 1 heteroatoms. The number of hydrogen-bond donors (Lipinski definition) is 0. The third-order valence-electron chi connectivity index (χ3n) is 16.5. The van der Waals surface area contributed by atoms with Gasteiger partial charge in [0.05, 0.1) is 11.1 Å². The molecule has 1 nitrogen and oxygen atoms in total. The summed E-state index contributed by atoms with van der Waals surface area (Å²) in [5, 5.41) is 2.51. The van der Waals surface area contributed by atoms with Crippen LogP contribution in [0.25, 0.3) is 44.2 Å². The molecule has 0 radical (unpaired) electrons. The lowest BCUT2D eigenvalue weighted by Crippen LogP contribution is -2.26. The van der Waals surface area contributed by atoms with E-state index in [2.05, 4.69) is 183 Å². The lowest BCUT2D eigenvalue weighted by Gasteiger charge is -2.33. The molecule has 0 aromatic heterocycles. The van der Waals surface area contributed by atoms with Crippen molar-refractivity contribution in [1.82, 2.24) is 0 Å². The van der Waals surface area contributed by atoms with Crippen molar-refractivity contribution >= 4 is 27.8 Å². The third kappa shape index (κ3) is 5.41. The van der Waals surface area contributed by atoms with Gasteiger partial charge in [0.2, 0.25) is 0 Å². The second kappa shape index (κ2) is 14.2. The van der Waals surface area contributed by atoms with Gasteiger partial charge in [-0.3, -0.25) is 0 Å². The number of fused-ring (bicyclic) bond motifs is 14. The van der Waals surface area contributed by atoms with Crippen LogP contribution < -0.4 is 4.90 Å². The van der Waals surface area contributed by atoms with E-state index in [0.29, 0.717) is 11.8 Å². The van der Waals surface area contributed by atoms with Crippen LogP contribution in [0.15, 0.2) is 164 Å². The SMILES string of the molecule is CC1(C)c2cc(C3CCCCC3)ccc2-c2ccc(N(c3ccc4c(c3)C3(c5ccccc5-c5cc(C6CCCCC6)ccc53)c3ccccc3-4)c3cccc4ccccc34)cc21. The molecular weight excluding hydrogens is 759 g/mol. The molecule has 0 heterocycles. The Morgan fingerprint density at radius 2 is 0.873 bits per heavy atom. The van der Waals surface area contributed by atoms with Crippen LogP contribution in [-0.4, -0.2) is 0 Å². The van der Waals surface area contributed by atoms with Crippen LogP contribution in [0, 0.1) is 0 Å². The van der Waals surface area contributed by atoms with Gasteiger partial charge in [-0.05, 0) is 151 Å². The maximum Gasteiger partial charge on any atom is 0.0726 e. The number of benzene rings is 8. The summed E-state index contributed by atoms with van der Waals surface area (Å²) >= 11 is 0. The minimum absolute atomic E-state index is 0.118. The first kappa shape index (κ1) is 37.4. The molecule has 8 aromatic carbocycles. The Labute approximate surface area is 373 Å². The first-order chi connectivity index (χ1) is 31.0. The van der Waals surface area contributed by atoms with Crippen LogP contribution in [0.2, 0.25) is 0 Å². The van der Waals surface area contributed by atoms with E-state index in [9.17, 15) is 0 Å². The minimum atomic E-state index is -0.416. The molecule has 5 aliphatic carbocycles. The fraction of sp³-hybridized carbons (Fsp3) is 0.258. The Kier molecular flexibility index (Phi) is 8.41. The van der Waals surface area contributed by atoms with Gasteiger partial charge in [-0.15, -0.1) is 0 Å². The van der Waals surface area contributed by atoms with Crippen molar-refractivity contribution in [3.63, 3.8) is 0 Å². The molecule has 0 N–H and O–H groups in total. The predicted octanol–water partition coefficient (Wildman–Crippen LogP) is 17.1. The van der Waals surface area contributed by atoms with E-state index in [0.717, 1.165) is 0 Å². The van der Waals surface area contributed by atoms with Crippen molar-refractivity contribution in [1.29, 1.82) is 0 Å². The quantitative estimate of drug-likeness (QED) is 0.167. The van der Waals surface area contributed by atoms with Crippen LogP contribution in [0.1, 0.15) is 134 Å². The summed E-state index contributed by atoms with van der Waals surface area (Å²) in [6.07, 6.45) is 13.4. The fourth-order valence-corrected chi connectivity index (χ4v) is 13.4. The van der Waals surface area contributed by atoms with Crippen LogP contribution in [0.3, 0.4) is 0 Å². The Morgan fingerprint density at radius 1 is 0.381 bits per heavy atom. The van der Waals surface area contributed by atoms with Gasteiger partial charge in [-0.25, -0.2) is 0 Å². The average molecular weight is 814 g/mol. The van der Waals surface area contributed by atoms with Gasteiger partial charge in [0.25, 0.3) is 0 Å². The number of rotatable bonds is 5. The second-order valence-corrected chi connectivity index (χ2v) is 20.0. The lowest BCUT2D eigenvalue weighted by atomic mass is 9.70. The zero-order valence-electron chi connectivity index (χ0n) is 36.8. The Bertz CT molecular complexity index is 3130. The highest BCUT2D eigenvalue weighted by atomic mass is 15.1. The molecule has 8 aromatic rings. The normalized spacial score (nSPS) is 19.3. The van der Waals surface area contributed by atoms with E-state index in [-0.39, 0.29) is 5.41 Å². The second-order valence-electron chi connectivity index (χ2n) is 20.0. The van der Waals surface area contributed by atoms with Gasteiger partial charge in [0, 0.05) is 22.2 Å². The molecule has 1 unspecified atom stereocenters. The summed E-state index contributed by atoms with van der Waals surface area (Å²) in [5.74, 6) is 1.34.